The van der Waals surface area contributed by atoms with Crippen molar-refractivity contribution >= 4 is 27.3 Å². The molecule has 3 N–H and O–H groups in total. The zero-order valence-electron chi connectivity index (χ0n) is 10.0. The van der Waals surface area contributed by atoms with Crippen LogP contribution in [0.2, 0.25) is 0 Å². The number of carboxylic acid groups (broad SMARTS) is 1. The summed E-state index contributed by atoms with van der Waals surface area (Å²) in [5.74, 6) is -1.17. The number of carbonyl (C=O) groups is 1. The molecule has 1 atom stereocenters. The zero-order chi connectivity index (χ0) is 14.0. The molecule has 0 aliphatic rings. The van der Waals surface area contributed by atoms with Crippen LogP contribution in [-0.2, 0) is 10.0 Å². The summed E-state index contributed by atoms with van der Waals surface area (Å²) >= 11 is 0.830. The lowest BCUT2D eigenvalue weighted by Gasteiger charge is -2.21. The summed E-state index contributed by atoms with van der Waals surface area (Å²) in [4.78, 5) is 10.7. The van der Waals surface area contributed by atoms with Crippen molar-refractivity contribution in [2.45, 2.75) is 30.1 Å². The van der Waals surface area contributed by atoms with Crippen LogP contribution < -0.4 is 4.72 Å². The van der Waals surface area contributed by atoms with Crippen LogP contribution in [0.4, 0.5) is 0 Å². The average molecular weight is 293 g/mol. The predicted molar refractivity (Wildman–Crippen MR) is 67.4 cm³/mol. The molecule has 102 valence electrons. The average Bonchev–Trinajstić information content (AvgIpc) is 2.77. The van der Waals surface area contributed by atoms with Crippen LogP contribution in [0.3, 0.4) is 0 Å². The summed E-state index contributed by atoms with van der Waals surface area (Å²) in [6, 6.07) is 1.09. The van der Waals surface area contributed by atoms with Gasteiger partial charge in [0.15, 0.2) is 0 Å². The first-order valence-corrected chi connectivity index (χ1v) is 7.58. The summed E-state index contributed by atoms with van der Waals surface area (Å²) in [6.45, 7) is 3.14. The van der Waals surface area contributed by atoms with Gasteiger partial charge in [0.1, 0.15) is 4.21 Å². The molecule has 0 bridgehead atoms. The molecular weight excluding hydrogens is 278 g/mol. The van der Waals surface area contributed by atoms with Gasteiger partial charge in [0.05, 0.1) is 11.2 Å². The van der Waals surface area contributed by atoms with Gasteiger partial charge in [-0.25, -0.2) is 17.9 Å². The third-order valence-electron chi connectivity index (χ3n) is 2.49. The minimum atomic E-state index is -3.77. The van der Waals surface area contributed by atoms with Crippen LogP contribution in [0.5, 0.6) is 0 Å². The Morgan fingerprint density at radius 3 is 2.61 bits per heavy atom. The molecular formula is C10H15NO5S2. The number of hydrogen-bond donors (Lipinski definition) is 3. The molecule has 0 spiro atoms. The number of sulfonamides is 1. The quantitative estimate of drug-likeness (QED) is 0.722. The molecule has 0 aromatic carbocycles. The molecule has 0 amide bonds. The van der Waals surface area contributed by atoms with E-state index in [1.165, 1.54) is 12.3 Å². The van der Waals surface area contributed by atoms with Crippen molar-refractivity contribution in [3.05, 3.63) is 17.0 Å². The Morgan fingerprint density at radius 1 is 1.56 bits per heavy atom. The van der Waals surface area contributed by atoms with Gasteiger partial charge in [-0.05, 0) is 19.4 Å². The molecule has 0 aliphatic carbocycles. The van der Waals surface area contributed by atoms with Crippen molar-refractivity contribution in [1.29, 1.82) is 0 Å². The Hall–Kier alpha value is -0.960. The van der Waals surface area contributed by atoms with Crippen LogP contribution in [-0.4, -0.2) is 36.7 Å². The van der Waals surface area contributed by atoms with E-state index < -0.39 is 21.6 Å². The molecule has 1 aromatic rings. The molecule has 18 heavy (non-hydrogen) atoms. The summed E-state index contributed by atoms with van der Waals surface area (Å²) in [7, 11) is -3.77. The molecule has 6 nitrogen and oxygen atoms in total. The molecule has 1 unspecified atom stereocenters. The summed E-state index contributed by atoms with van der Waals surface area (Å²) < 4.78 is 25.8. The lowest BCUT2D eigenvalue weighted by atomic mass is 10.1. The molecule has 1 heterocycles. The summed E-state index contributed by atoms with van der Waals surface area (Å²) in [5, 5.41) is 19.7. The Balaban J connectivity index is 2.83. The normalized spacial score (nSPS) is 15.3. The topological polar surface area (TPSA) is 104 Å². The van der Waals surface area contributed by atoms with Gasteiger partial charge in [-0.3, -0.25) is 0 Å². The second-order valence-electron chi connectivity index (χ2n) is 4.13. The third kappa shape index (κ3) is 3.77. The van der Waals surface area contributed by atoms with Gasteiger partial charge in [0.25, 0.3) is 0 Å². The maximum absolute atomic E-state index is 11.8. The number of aromatic carboxylic acids is 1. The Bertz CT molecular complexity index is 532. The maximum atomic E-state index is 11.8. The first-order chi connectivity index (χ1) is 8.18. The smallest absolute Gasteiger partial charge is 0.336 e. The number of hydrogen-bond acceptors (Lipinski definition) is 5. The molecule has 0 radical (unpaired) electrons. The molecule has 0 saturated carbocycles. The number of rotatable bonds is 6. The predicted octanol–water partition coefficient (Wildman–Crippen LogP) is 0.886. The van der Waals surface area contributed by atoms with Gasteiger partial charge in [-0.2, -0.15) is 0 Å². The Morgan fingerprint density at radius 2 is 2.17 bits per heavy atom. The maximum Gasteiger partial charge on any atom is 0.336 e. The van der Waals surface area contributed by atoms with Gasteiger partial charge in [-0.15, -0.1) is 11.3 Å². The fraction of sp³-hybridized carbons (Fsp3) is 0.500. The SMILES string of the molecule is CCC(C)(O)CNS(=O)(=O)c1cc(C(=O)O)cs1. The first-order valence-electron chi connectivity index (χ1n) is 5.22. The van der Waals surface area contributed by atoms with Crippen LogP contribution in [0.25, 0.3) is 0 Å². The van der Waals surface area contributed by atoms with E-state index in [4.69, 9.17) is 5.11 Å². The van der Waals surface area contributed by atoms with E-state index in [1.807, 2.05) is 0 Å². The highest BCUT2D eigenvalue weighted by Gasteiger charge is 2.24. The van der Waals surface area contributed by atoms with Crippen LogP contribution >= 0.6 is 11.3 Å². The van der Waals surface area contributed by atoms with E-state index in [0.29, 0.717) is 6.42 Å². The third-order valence-corrected chi connectivity index (χ3v) is 5.33. The van der Waals surface area contributed by atoms with E-state index in [9.17, 15) is 18.3 Å². The number of thiophene rings is 1. The standard InChI is InChI=1S/C10H15NO5S2/c1-3-10(2,14)6-11-18(15,16)8-4-7(5-17-8)9(12)13/h4-5,11,14H,3,6H2,1-2H3,(H,12,13). The highest BCUT2D eigenvalue weighted by atomic mass is 32.2. The molecule has 0 aliphatic heterocycles. The molecule has 0 fully saturated rings. The first kappa shape index (κ1) is 15.1. The second kappa shape index (κ2) is 5.35. The fourth-order valence-corrected chi connectivity index (χ4v) is 3.38. The number of carboxylic acids is 1. The van der Waals surface area contributed by atoms with Crippen molar-refractivity contribution in [2.24, 2.45) is 0 Å². The largest absolute Gasteiger partial charge is 0.478 e. The van der Waals surface area contributed by atoms with Crippen molar-refractivity contribution in [1.82, 2.24) is 4.72 Å². The highest BCUT2D eigenvalue weighted by Crippen LogP contribution is 2.20. The van der Waals surface area contributed by atoms with Crippen LogP contribution in [0, 0.1) is 0 Å². The van der Waals surface area contributed by atoms with Crippen molar-refractivity contribution in [3.8, 4) is 0 Å². The Kier molecular flexibility index (Phi) is 4.49. The molecule has 1 aromatic heterocycles. The van der Waals surface area contributed by atoms with E-state index in [1.54, 1.807) is 6.92 Å². The Labute approximate surface area is 109 Å². The molecule has 1 rings (SSSR count). The van der Waals surface area contributed by atoms with Crippen molar-refractivity contribution < 1.29 is 23.4 Å². The number of nitrogens with one attached hydrogen (secondary N) is 1. The zero-order valence-corrected chi connectivity index (χ0v) is 11.6. The lowest BCUT2D eigenvalue weighted by molar-refractivity contribution is 0.0613. The van der Waals surface area contributed by atoms with Gasteiger partial charge < -0.3 is 10.2 Å². The summed E-state index contributed by atoms with van der Waals surface area (Å²) in [5.41, 5.74) is -1.19. The highest BCUT2D eigenvalue weighted by molar-refractivity contribution is 7.91. The number of aliphatic hydroxyl groups is 1. The lowest BCUT2D eigenvalue weighted by Crippen LogP contribution is -2.39. The molecule has 0 saturated heterocycles. The van der Waals surface area contributed by atoms with Gasteiger partial charge in [-0.1, -0.05) is 6.92 Å². The minimum absolute atomic E-state index is 0.0670. The van der Waals surface area contributed by atoms with Crippen LogP contribution in [0.15, 0.2) is 15.7 Å². The van der Waals surface area contributed by atoms with Gasteiger partial charge >= 0.3 is 5.97 Å². The van der Waals surface area contributed by atoms with Crippen molar-refractivity contribution in [3.63, 3.8) is 0 Å². The fourth-order valence-electron chi connectivity index (χ4n) is 1.02. The van der Waals surface area contributed by atoms with Gasteiger partial charge in [0, 0.05) is 11.9 Å². The van der Waals surface area contributed by atoms with Crippen LogP contribution in [0.1, 0.15) is 30.6 Å². The van der Waals surface area contributed by atoms with E-state index >= 15 is 0 Å². The van der Waals surface area contributed by atoms with E-state index in [2.05, 4.69) is 4.72 Å². The second-order valence-corrected chi connectivity index (χ2v) is 7.04. The molecule has 8 heteroatoms. The summed E-state index contributed by atoms with van der Waals surface area (Å²) in [6.07, 6.45) is 0.403. The van der Waals surface area contributed by atoms with E-state index in [-0.39, 0.29) is 16.3 Å². The van der Waals surface area contributed by atoms with Gasteiger partial charge in [0.2, 0.25) is 10.0 Å². The van der Waals surface area contributed by atoms with E-state index in [0.717, 1.165) is 17.4 Å². The monoisotopic (exact) mass is 293 g/mol. The minimum Gasteiger partial charge on any atom is -0.478 e. The van der Waals surface area contributed by atoms with Crippen molar-refractivity contribution in [2.75, 3.05) is 6.54 Å².